The number of carbonyl (C=O) groups is 2. The molecule has 154 valence electrons. The summed E-state index contributed by atoms with van der Waals surface area (Å²) in [5.74, 6) is 0.0641. The topological polar surface area (TPSA) is 65.5 Å². The van der Waals surface area contributed by atoms with Crippen LogP contribution in [-0.4, -0.2) is 41.3 Å². The van der Waals surface area contributed by atoms with Crippen LogP contribution in [0.25, 0.3) is 10.2 Å². The van der Waals surface area contributed by atoms with Gasteiger partial charge in [0.1, 0.15) is 5.01 Å². The van der Waals surface area contributed by atoms with Gasteiger partial charge < -0.3 is 10.2 Å². The van der Waals surface area contributed by atoms with Gasteiger partial charge >= 0.3 is 0 Å². The van der Waals surface area contributed by atoms with Gasteiger partial charge in [0, 0.05) is 13.0 Å². The number of benzene rings is 2. The number of thiazole rings is 1. The second-order valence-corrected chi connectivity index (χ2v) is 8.92. The molecule has 6 nitrogen and oxygen atoms in total. The van der Waals surface area contributed by atoms with Crippen molar-refractivity contribution in [2.24, 2.45) is 0 Å². The van der Waals surface area contributed by atoms with Crippen molar-refractivity contribution in [2.45, 2.75) is 31.7 Å². The summed E-state index contributed by atoms with van der Waals surface area (Å²) in [5.41, 5.74) is 2.52. The molecule has 1 unspecified atom stereocenters. The van der Waals surface area contributed by atoms with Gasteiger partial charge in [-0.25, -0.2) is 4.98 Å². The molecule has 3 heterocycles. The Morgan fingerprint density at radius 1 is 1.10 bits per heavy atom. The van der Waals surface area contributed by atoms with Gasteiger partial charge in [0.25, 0.3) is 0 Å². The maximum atomic E-state index is 12.9. The molecule has 2 saturated heterocycles. The van der Waals surface area contributed by atoms with E-state index in [4.69, 9.17) is 4.98 Å². The number of carbonyl (C=O) groups excluding carboxylic acids is 2. The minimum Gasteiger partial charge on any atom is -0.323 e. The molecule has 1 N–H and O–H groups in total. The number of rotatable bonds is 5. The van der Waals surface area contributed by atoms with Crippen molar-refractivity contribution in [3.05, 3.63) is 53.5 Å². The number of fused-ring (bicyclic) bond motifs is 1. The number of nitrogens with one attached hydrogen (secondary N) is 1. The SMILES string of the molecule is O=C(CN1CCCC1c1nc2ccccc2s1)Nc1ccccc1N1CCCC1=O. The molecule has 0 aliphatic carbocycles. The molecule has 2 aliphatic rings. The summed E-state index contributed by atoms with van der Waals surface area (Å²) in [7, 11) is 0. The van der Waals surface area contributed by atoms with Crippen LogP contribution in [0.5, 0.6) is 0 Å². The van der Waals surface area contributed by atoms with Crippen molar-refractivity contribution in [3.63, 3.8) is 0 Å². The summed E-state index contributed by atoms with van der Waals surface area (Å²) < 4.78 is 1.19. The highest BCUT2D eigenvalue weighted by molar-refractivity contribution is 7.18. The number of amides is 2. The van der Waals surface area contributed by atoms with Crippen molar-refractivity contribution in [2.75, 3.05) is 29.9 Å². The Morgan fingerprint density at radius 3 is 2.77 bits per heavy atom. The second-order valence-electron chi connectivity index (χ2n) is 7.86. The molecular weight excluding hydrogens is 396 g/mol. The van der Waals surface area contributed by atoms with Crippen LogP contribution >= 0.6 is 11.3 Å². The van der Waals surface area contributed by atoms with Crippen molar-refractivity contribution < 1.29 is 9.59 Å². The molecule has 2 aromatic carbocycles. The molecule has 0 spiro atoms. The predicted molar refractivity (Wildman–Crippen MR) is 120 cm³/mol. The summed E-state index contributed by atoms with van der Waals surface area (Å²) in [6.45, 7) is 1.92. The molecule has 5 rings (SSSR count). The third kappa shape index (κ3) is 3.70. The lowest BCUT2D eigenvalue weighted by molar-refractivity contribution is -0.118. The predicted octanol–water partition coefficient (Wildman–Crippen LogP) is 4.20. The zero-order valence-corrected chi connectivity index (χ0v) is 17.5. The first-order valence-electron chi connectivity index (χ1n) is 10.5. The maximum Gasteiger partial charge on any atom is 0.238 e. The number of aromatic nitrogens is 1. The minimum absolute atomic E-state index is 0.0536. The van der Waals surface area contributed by atoms with Crippen LogP contribution in [-0.2, 0) is 9.59 Å². The number of likely N-dealkylation sites (tertiary alicyclic amines) is 1. The lowest BCUT2D eigenvalue weighted by atomic mass is 10.2. The van der Waals surface area contributed by atoms with E-state index in [0.29, 0.717) is 25.2 Å². The smallest absolute Gasteiger partial charge is 0.238 e. The fraction of sp³-hybridized carbons (Fsp3) is 0.348. The van der Waals surface area contributed by atoms with Crippen LogP contribution in [0.4, 0.5) is 11.4 Å². The molecule has 3 aromatic rings. The second kappa shape index (κ2) is 8.16. The van der Waals surface area contributed by atoms with Crippen molar-refractivity contribution in [1.82, 2.24) is 9.88 Å². The number of hydrogen-bond acceptors (Lipinski definition) is 5. The van der Waals surface area contributed by atoms with Gasteiger partial charge in [-0.1, -0.05) is 24.3 Å². The van der Waals surface area contributed by atoms with Crippen LogP contribution in [0.1, 0.15) is 36.7 Å². The van der Waals surface area contributed by atoms with E-state index in [1.165, 1.54) is 4.70 Å². The Hall–Kier alpha value is -2.77. The normalized spacial score (nSPS) is 19.7. The molecule has 2 amide bonds. The van der Waals surface area contributed by atoms with Crippen molar-refractivity contribution in [1.29, 1.82) is 0 Å². The highest BCUT2D eigenvalue weighted by atomic mass is 32.1. The molecule has 1 atom stereocenters. The molecule has 0 radical (unpaired) electrons. The Balaban J connectivity index is 1.30. The summed E-state index contributed by atoms with van der Waals surface area (Å²) >= 11 is 1.72. The van der Waals surface area contributed by atoms with E-state index in [2.05, 4.69) is 16.3 Å². The standard InChI is InChI=1S/C23H24N4O2S/c28-21(24-16-7-1-3-9-18(16)27-14-6-12-22(27)29)15-26-13-5-10-19(26)23-25-17-8-2-4-11-20(17)30-23/h1-4,7-9,11,19H,5-6,10,12-15H2,(H,24,28). The first kappa shape index (κ1) is 19.2. The Morgan fingerprint density at radius 2 is 1.93 bits per heavy atom. The van der Waals surface area contributed by atoms with Gasteiger partial charge in [-0.2, -0.15) is 0 Å². The van der Waals surface area contributed by atoms with Crippen molar-refractivity contribution >= 4 is 44.7 Å². The monoisotopic (exact) mass is 420 g/mol. The van der Waals surface area contributed by atoms with E-state index in [0.717, 1.165) is 42.0 Å². The quantitative estimate of drug-likeness (QED) is 0.672. The zero-order valence-electron chi connectivity index (χ0n) is 16.7. The maximum absolute atomic E-state index is 12.9. The van der Waals surface area contributed by atoms with Gasteiger partial charge in [-0.3, -0.25) is 14.5 Å². The molecular formula is C23H24N4O2S. The lowest BCUT2D eigenvalue weighted by Gasteiger charge is -2.23. The van der Waals surface area contributed by atoms with E-state index in [1.807, 2.05) is 42.5 Å². The number of hydrogen-bond donors (Lipinski definition) is 1. The molecule has 2 fully saturated rings. The first-order chi connectivity index (χ1) is 14.7. The van der Waals surface area contributed by atoms with Crippen LogP contribution in [0.3, 0.4) is 0 Å². The van der Waals surface area contributed by atoms with Gasteiger partial charge in [0.2, 0.25) is 11.8 Å². The molecule has 2 aliphatic heterocycles. The van der Waals surface area contributed by atoms with Crippen LogP contribution < -0.4 is 10.2 Å². The van der Waals surface area contributed by atoms with Crippen LogP contribution in [0, 0.1) is 0 Å². The Bertz CT molecular complexity index is 1060. The molecule has 0 saturated carbocycles. The van der Waals surface area contributed by atoms with E-state index in [9.17, 15) is 9.59 Å². The van der Waals surface area contributed by atoms with Gasteiger partial charge in [-0.05, 0) is 50.1 Å². The summed E-state index contributed by atoms with van der Waals surface area (Å²) in [5, 5.41) is 4.13. The first-order valence-corrected chi connectivity index (χ1v) is 11.3. The molecule has 7 heteroatoms. The molecule has 30 heavy (non-hydrogen) atoms. The van der Waals surface area contributed by atoms with Gasteiger partial charge in [0.15, 0.2) is 0 Å². The van der Waals surface area contributed by atoms with E-state index >= 15 is 0 Å². The zero-order chi connectivity index (χ0) is 20.5. The number of para-hydroxylation sites is 3. The average molecular weight is 421 g/mol. The van der Waals surface area contributed by atoms with E-state index in [1.54, 1.807) is 16.2 Å². The fourth-order valence-electron chi connectivity index (χ4n) is 4.42. The molecule has 1 aromatic heterocycles. The summed E-state index contributed by atoms with van der Waals surface area (Å²) in [4.78, 5) is 33.9. The van der Waals surface area contributed by atoms with Crippen LogP contribution in [0.2, 0.25) is 0 Å². The van der Waals surface area contributed by atoms with E-state index in [-0.39, 0.29) is 17.9 Å². The molecule has 0 bridgehead atoms. The minimum atomic E-state index is -0.0536. The number of anilines is 2. The third-order valence-electron chi connectivity index (χ3n) is 5.85. The summed E-state index contributed by atoms with van der Waals surface area (Å²) in [6.07, 6.45) is 3.51. The van der Waals surface area contributed by atoms with Gasteiger partial charge in [-0.15, -0.1) is 11.3 Å². The highest BCUT2D eigenvalue weighted by Gasteiger charge is 2.30. The third-order valence-corrected chi connectivity index (χ3v) is 6.99. The van der Waals surface area contributed by atoms with E-state index < -0.39 is 0 Å². The Labute approximate surface area is 179 Å². The van der Waals surface area contributed by atoms with Gasteiger partial charge in [0.05, 0.1) is 34.2 Å². The average Bonchev–Trinajstić information content (AvgIpc) is 3.47. The number of nitrogens with zero attached hydrogens (tertiary/aromatic N) is 3. The largest absolute Gasteiger partial charge is 0.323 e. The fourth-order valence-corrected chi connectivity index (χ4v) is 5.56. The highest BCUT2D eigenvalue weighted by Crippen LogP contribution is 2.36. The summed E-state index contributed by atoms with van der Waals surface area (Å²) in [6, 6.07) is 15.9. The van der Waals surface area contributed by atoms with Crippen LogP contribution in [0.15, 0.2) is 48.5 Å². The lowest BCUT2D eigenvalue weighted by Crippen LogP contribution is -2.33. The van der Waals surface area contributed by atoms with Crippen molar-refractivity contribution in [3.8, 4) is 0 Å². The Kier molecular flexibility index (Phi) is 5.23.